The van der Waals surface area contributed by atoms with E-state index >= 15 is 0 Å². The van der Waals surface area contributed by atoms with Crippen molar-refractivity contribution in [2.24, 2.45) is 11.5 Å². The Labute approximate surface area is 106 Å². The van der Waals surface area contributed by atoms with Gasteiger partial charge in [0.1, 0.15) is 11.3 Å². The Balaban J connectivity index is 3.17. The molecular formula is C11H16N2O4S. The summed E-state index contributed by atoms with van der Waals surface area (Å²) < 4.78 is 30.8. The van der Waals surface area contributed by atoms with Gasteiger partial charge in [-0.15, -0.1) is 0 Å². The minimum atomic E-state index is -4.41. The molecule has 1 aromatic rings. The second-order valence-corrected chi connectivity index (χ2v) is 5.72. The van der Waals surface area contributed by atoms with Gasteiger partial charge in [-0.25, -0.2) is 0 Å². The number of amides is 1. The molecule has 0 heterocycles. The largest absolute Gasteiger partial charge is 0.368 e. The van der Waals surface area contributed by atoms with E-state index in [9.17, 15) is 13.2 Å². The number of hydrogen-bond acceptors (Lipinski definition) is 4. The lowest BCUT2D eigenvalue weighted by Crippen LogP contribution is -2.59. The molecular weight excluding hydrogens is 256 g/mol. The molecule has 2 unspecified atom stereocenters. The summed E-state index contributed by atoms with van der Waals surface area (Å²) in [5.41, 5.74) is 9.78. The molecule has 1 rings (SSSR count). The van der Waals surface area contributed by atoms with Gasteiger partial charge in [0.15, 0.2) is 0 Å². The van der Waals surface area contributed by atoms with Gasteiger partial charge in [-0.1, -0.05) is 37.3 Å². The van der Waals surface area contributed by atoms with E-state index in [1.165, 1.54) is 0 Å². The second-order valence-electron chi connectivity index (χ2n) is 4.26. The van der Waals surface area contributed by atoms with E-state index in [0.717, 1.165) is 0 Å². The number of carbonyl (C=O) groups excluding carboxylic acids is 1. The third-order valence-corrected chi connectivity index (χ3v) is 3.79. The van der Waals surface area contributed by atoms with Crippen LogP contribution in [-0.4, -0.2) is 30.2 Å². The topological polar surface area (TPSA) is 123 Å². The molecule has 0 bridgehead atoms. The Morgan fingerprint density at radius 3 is 2.28 bits per heavy atom. The molecule has 2 atom stereocenters. The molecule has 0 spiro atoms. The van der Waals surface area contributed by atoms with Crippen LogP contribution in [0.1, 0.15) is 18.4 Å². The molecule has 1 aromatic carbocycles. The first-order valence-corrected chi connectivity index (χ1v) is 6.86. The summed E-state index contributed by atoms with van der Waals surface area (Å²) in [6.07, 6.45) is 0. The van der Waals surface area contributed by atoms with Crippen LogP contribution in [0.25, 0.3) is 0 Å². The van der Waals surface area contributed by atoms with Gasteiger partial charge >= 0.3 is 0 Å². The Bertz CT molecular complexity index is 529. The van der Waals surface area contributed by atoms with E-state index in [1.807, 2.05) is 0 Å². The SMILES string of the molecule is CC(c1ccccc1)C(N)(CS(=O)(=O)O)C(N)=O. The van der Waals surface area contributed by atoms with E-state index in [0.29, 0.717) is 5.56 Å². The predicted octanol–water partition coefficient (Wildman–Crippen LogP) is -0.139. The highest BCUT2D eigenvalue weighted by Gasteiger charge is 2.42. The van der Waals surface area contributed by atoms with Crippen LogP contribution in [0.2, 0.25) is 0 Å². The maximum Gasteiger partial charge on any atom is 0.267 e. The molecule has 18 heavy (non-hydrogen) atoms. The highest BCUT2D eigenvalue weighted by Crippen LogP contribution is 2.27. The van der Waals surface area contributed by atoms with Crippen LogP contribution < -0.4 is 11.5 Å². The molecule has 6 nitrogen and oxygen atoms in total. The molecule has 7 heteroatoms. The number of primary amides is 1. The lowest BCUT2D eigenvalue weighted by atomic mass is 9.82. The molecule has 0 saturated carbocycles. The predicted molar refractivity (Wildman–Crippen MR) is 67.4 cm³/mol. The molecule has 100 valence electrons. The van der Waals surface area contributed by atoms with Crippen LogP contribution >= 0.6 is 0 Å². The van der Waals surface area contributed by atoms with Crippen molar-refractivity contribution in [3.8, 4) is 0 Å². The fourth-order valence-electron chi connectivity index (χ4n) is 1.75. The minimum absolute atomic E-state index is 0.641. The zero-order valence-electron chi connectivity index (χ0n) is 9.91. The second kappa shape index (κ2) is 5.05. The van der Waals surface area contributed by atoms with Crippen molar-refractivity contribution in [3.63, 3.8) is 0 Å². The van der Waals surface area contributed by atoms with E-state index < -0.39 is 33.2 Å². The Morgan fingerprint density at radius 1 is 1.39 bits per heavy atom. The molecule has 0 aliphatic rings. The van der Waals surface area contributed by atoms with Gasteiger partial charge in [-0.3, -0.25) is 9.35 Å². The Hall–Kier alpha value is -1.44. The standard InChI is InChI=1S/C11H16N2O4S/c1-8(9-5-3-2-4-6-9)11(13,10(12)14)7-18(15,16)17/h2-6,8H,7,13H2,1H3,(H2,12,14)(H,15,16,17). The van der Waals surface area contributed by atoms with Gasteiger partial charge in [-0.2, -0.15) is 8.42 Å². The monoisotopic (exact) mass is 272 g/mol. The highest BCUT2D eigenvalue weighted by atomic mass is 32.2. The third-order valence-electron chi connectivity index (χ3n) is 2.95. The van der Waals surface area contributed by atoms with Crippen LogP contribution in [0.4, 0.5) is 0 Å². The van der Waals surface area contributed by atoms with Gasteiger partial charge < -0.3 is 11.5 Å². The zero-order valence-corrected chi connectivity index (χ0v) is 10.7. The van der Waals surface area contributed by atoms with Crippen molar-refractivity contribution < 1.29 is 17.8 Å². The average molecular weight is 272 g/mol. The summed E-state index contributed by atoms with van der Waals surface area (Å²) in [6.45, 7) is 1.59. The van der Waals surface area contributed by atoms with Crippen LogP contribution in [0, 0.1) is 0 Å². The smallest absolute Gasteiger partial charge is 0.267 e. The van der Waals surface area contributed by atoms with Crippen molar-refractivity contribution in [2.45, 2.75) is 18.4 Å². The number of rotatable bonds is 5. The van der Waals surface area contributed by atoms with Gasteiger partial charge in [0.25, 0.3) is 10.1 Å². The van der Waals surface area contributed by atoms with Crippen molar-refractivity contribution in [1.29, 1.82) is 0 Å². The molecule has 0 aliphatic heterocycles. The third kappa shape index (κ3) is 3.28. The number of benzene rings is 1. The van der Waals surface area contributed by atoms with Crippen molar-refractivity contribution in [2.75, 3.05) is 5.75 Å². The molecule has 0 radical (unpaired) electrons. The Morgan fingerprint density at radius 2 is 1.89 bits per heavy atom. The first-order chi connectivity index (χ1) is 8.17. The van der Waals surface area contributed by atoms with E-state index in [4.69, 9.17) is 16.0 Å². The number of carbonyl (C=O) groups is 1. The summed E-state index contributed by atoms with van der Waals surface area (Å²) in [7, 11) is -4.41. The summed E-state index contributed by atoms with van der Waals surface area (Å²) in [5.74, 6) is -2.53. The van der Waals surface area contributed by atoms with Crippen LogP contribution in [-0.2, 0) is 14.9 Å². The lowest BCUT2D eigenvalue weighted by molar-refractivity contribution is -0.123. The summed E-state index contributed by atoms with van der Waals surface area (Å²) in [5, 5.41) is 0. The van der Waals surface area contributed by atoms with Crippen LogP contribution in [0.15, 0.2) is 30.3 Å². The quantitative estimate of drug-likeness (QED) is 0.644. The number of hydrogen-bond donors (Lipinski definition) is 3. The highest BCUT2D eigenvalue weighted by molar-refractivity contribution is 7.85. The molecule has 0 saturated heterocycles. The lowest BCUT2D eigenvalue weighted by Gasteiger charge is -2.31. The molecule has 5 N–H and O–H groups in total. The summed E-state index contributed by atoms with van der Waals surface area (Å²) in [4.78, 5) is 11.4. The van der Waals surface area contributed by atoms with Crippen molar-refractivity contribution in [1.82, 2.24) is 0 Å². The molecule has 0 aliphatic carbocycles. The number of nitrogens with two attached hydrogens (primary N) is 2. The normalized spacial score (nSPS) is 16.8. The van der Waals surface area contributed by atoms with Gasteiger partial charge in [0.05, 0.1) is 0 Å². The van der Waals surface area contributed by atoms with Gasteiger partial charge in [0.2, 0.25) is 5.91 Å². The first kappa shape index (κ1) is 14.6. The summed E-state index contributed by atoms with van der Waals surface area (Å²) >= 11 is 0. The van der Waals surface area contributed by atoms with Gasteiger partial charge in [-0.05, 0) is 5.56 Å². The fraction of sp³-hybridized carbons (Fsp3) is 0.364. The average Bonchev–Trinajstić information content (AvgIpc) is 2.26. The van der Waals surface area contributed by atoms with Crippen LogP contribution in [0.3, 0.4) is 0 Å². The van der Waals surface area contributed by atoms with Crippen LogP contribution in [0.5, 0.6) is 0 Å². The fourth-order valence-corrected chi connectivity index (χ4v) is 2.75. The molecule has 0 fully saturated rings. The molecule has 1 amide bonds. The maximum absolute atomic E-state index is 11.4. The first-order valence-electron chi connectivity index (χ1n) is 5.25. The zero-order chi connectivity index (χ0) is 14.0. The molecule has 0 aromatic heterocycles. The minimum Gasteiger partial charge on any atom is -0.368 e. The van der Waals surface area contributed by atoms with E-state index in [2.05, 4.69) is 0 Å². The van der Waals surface area contributed by atoms with Gasteiger partial charge in [0, 0.05) is 5.92 Å². The van der Waals surface area contributed by atoms with Crippen molar-refractivity contribution in [3.05, 3.63) is 35.9 Å². The van der Waals surface area contributed by atoms with E-state index in [1.54, 1.807) is 37.3 Å². The van der Waals surface area contributed by atoms with E-state index in [-0.39, 0.29) is 0 Å². The Kier molecular flexibility index (Phi) is 4.10. The maximum atomic E-state index is 11.4. The summed E-state index contributed by atoms with van der Waals surface area (Å²) in [6, 6.07) is 8.67. The van der Waals surface area contributed by atoms with Crippen molar-refractivity contribution >= 4 is 16.0 Å².